The third-order valence-corrected chi connectivity index (χ3v) is 4.66. The van der Waals surface area contributed by atoms with E-state index in [-0.39, 0.29) is 0 Å². The van der Waals surface area contributed by atoms with E-state index in [9.17, 15) is 0 Å². The first-order valence-electron chi connectivity index (χ1n) is 6.97. The van der Waals surface area contributed by atoms with Crippen molar-refractivity contribution in [2.75, 3.05) is 18.0 Å². The van der Waals surface area contributed by atoms with E-state index >= 15 is 0 Å². The second-order valence-corrected chi connectivity index (χ2v) is 5.90. The predicted octanol–water partition coefficient (Wildman–Crippen LogP) is 3.49. The van der Waals surface area contributed by atoms with Gasteiger partial charge in [0.1, 0.15) is 5.82 Å². The van der Waals surface area contributed by atoms with Crippen LogP contribution in [0.5, 0.6) is 0 Å². The molecule has 0 atom stereocenters. The van der Waals surface area contributed by atoms with Crippen LogP contribution in [-0.4, -0.2) is 18.1 Å². The summed E-state index contributed by atoms with van der Waals surface area (Å²) in [6.45, 7) is 4.76. The molecule has 0 N–H and O–H groups in total. The van der Waals surface area contributed by atoms with Crippen molar-refractivity contribution in [3.05, 3.63) is 24.4 Å². The molecule has 2 fully saturated rings. The third kappa shape index (κ3) is 2.05. The highest BCUT2D eigenvalue weighted by molar-refractivity contribution is 5.39. The molecule has 2 heteroatoms. The molecule has 0 radical (unpaired) electrons. The van der Waals surface area contributed by atoms with Gasteiger partial charge in [0.25, 0.3) is 0 Å². The molecule has 2 nitrogen and oxygen atoms in total. The molecule has 1 saturated heterocycles. The Bertz CT molecular complexity index is 368. The molecule has 3 rings (SSSR count). The lowest BCUT2D eigenvalue weighted by atomic mass is 9.58. The first-order chi connectivity index (χ1) is 8.31. The summed E-state index contributed by atoms with van der Waals surface area (Å²) in [5, 5.41) is 0. The maximum Gasteiger partial charge on any atom is 0.128 e. The van der Waals surface area contributed by atoms with Gasteiger partial charge in [-0.2, -0.15) is 0 Å². The van der Waals surface area contributed by atoms with Gasteiger partial charge >= 0.3 is 0 Å². The van der Waals surface area contributed by atoms with Crippen molar-refractivity contribution in [1.82, 2.24) is 4.98 Å². The molecule has 0 unspecified atom stereocenters. The Morgan fingerprint density at radius 3 is 3.00 bits per heavy atom. The molecule has 0 aromatic carbocycles. The Morgan fingerprint density at radius 1 is 1.41 bits per heavy atom. The average Bonchev–Trinajstić information content (AvgIpc) is 2.37. The number of rotatable bonds is 2. The number of piperidine rings is 1. The van der Waals surface area contributed by atoms with Gasteiger partial charge in [-0.05, 0) is 49.1 Å². The number of hydrogen-bond acceptors (Lipinski definition) is 2. The van der Waals surface area contributed by atoms with Gasteiger partial charge in [0.05, 0.1) is 0 Å². The molecular formula is C15H22N2. The first kappa shape index (κ1) is 11.1. The summed E-state index contributed by atoms with van der Waals surface area (Å²) >= 11 is 0. The lowest BCUT2D eigenvalue weighted by molar-refractivity contribution is 0.0361. The molecule has 17 heavy (non-hydrogen) atoms. The zero-order valence-corrected chi connectivity index (χ0v) is 10.7. The van der Waals surface area contributed by atoms with Gasteiger partial charge in [-0.25, -0.2) is 4.98 Å². The topological polar surface area (TPSA) is 16.1 Å². The second-order valence-electron chi connectivity index (χ2n) is 5.90. The Morgan fingerprint density at radius 2 is 2.29 bits per heavy atom. The van der Waals surface area contributed by atoms with Crippen molar-refractivity contribution in [2.24, 2.45) is 11.3 Å². The number of anilines is 1. The maximum atomic E-state index is 4.49. The van der Waals surface area contributed by atoms with Crippen LogP contribution in [0.2, 0.25) is 0 Å². The Kier molecular flexibility index (Phi) is 2.81. The summed E-state index contributed by atoms with van der Waals surface area (Å²) in [7, 11) is 0. The first-order valence-corrected chi connectivity index (χ1v) is 6.97. The molecule has 1 saturated carbocycles. The smallest absolute Gasteiger partial charge is 0.128 e. The molecule has 1 spiro atoms. The molecule has 1 aliphatic heterocycles. The van der Waals surface area contributed by atoms with Crippen LogP contribution in [0, 0.1) is 11.3 Å². The Labute approximate surface area is 104 Å². The minimum atomic E-state index is 0.635. The fourth-order valence-corrected chi connectivity index (χ4v) is 3.73. The summed E-state index contributed by atoms with van der Waals surface area (Å²) < 4.78 is 0. The highest BCUT2D eigenvalue weighted by atomic mass is 15.2. The van der Waals surface area contributed by atoms with E-state index in [4.69, 9.17) is 0 Å². The van der Waals surface area contributed by atoms with Crippen LogP contribution in [0.3, 0.4) is 0 Å². The largest absolute Gasteiger partial charge is 0.356 e. The molecule has 0 bridgehead atoms. The normalized spacial score (nSPS) is 32.5. The van der Waals surface area contributed by atoms with E-state index in [1.807, 2.05) is 12.3 Å². The van der Waals surface area contributed by atoms with Crippen molar-refractivity contribution in [3.63, 3.8) is 0 Å². The molecule has 1 aromatic heterocycles. The van der Waals surface area contributed by atoms with E-state index in [0.717, 1.165) is 5.92 Å². The standard InChI is InChI=1S/C15H22N2/c1-2-13-10-15(11-13)7-5-9-17(12-15)14-6-3-4-8-16-14/h3-4,6,8,13H,2,5,7,9-12H2,1H3. The van der Waals surface area contributed by atoms with Crippen LogP contribution in [0.15, 0.2) is 24.4 Å². The maximum absolute atomic E-state index is 4.49. The predicted molar refractivity (Wildman–Crippen MR) is 71.1 cm³/mol. The summed E-state index contributed by atoms with van der Waals surface area (Å²) in [6, 6.07) is 6.24. The molecule has 2 aliphatic rings. The monoisotopic (exact) mass is 230 g/mol. The number of pyridine rings is 1. The molecule has 0 amide bonds. The van der Waals surface area contributed by atoms with Crippen molar-refractivity contribution < 1.29 is 0 Å². The summed E-state index contributed by atoms with van der Waals surface area (Å²) in [5.41, 5.74) is 0.635. The Balaban J connectivity index is 1.69. The van der Waals surface area contributed by atoms with E-state index in [0.29, 0.717) is 5.41 Å². The van der Waals surface area contributed by atoms with Crippen molar-refractivity contribution >= 4 is 5.82 Å². The fraction of sp³-hybridized carbons (Fsp3) is 0.667. The molecule has 1 aromatic rings. The van der Waals surface area contributed by atoms with Gasteiger partial charge < -0.3 is 4.90 Å². The van der Waals surface area contributed by atoms with Crippen LogP contribution < -0.4 is 4.90 Å². The van der Waals surface area contributed by atoms with Gasteiger partial charge in [-0.3, -0.25) is 0 Å². The highest BCUT2D eigenvalue weighted by Gasteiger charge is 2.45. The van der Waals surface area contributed by atoms with Crippen LogP contribution in [0.25, 0.3) is 0 Å². The summed E-state index contributed by atoms with van der Waals surface area (Å²) in [6.07, 6.45) is 8.96. The summed E-state index contributed by atoms with van der Waals surface area (Å²) in [4.78, 5) is 6.99. The van der Waals surface area contributed by atoms with E-state index < -0.39 is 0 Å². The quantitative estimate of drug-likeness (QED) is 0.773. The molecule has 2 heterocycles. The van der Waals surface area contributed by atoms with Crippen LogP contribution in [0.4, 0.5) is 5.82 Å². The van der Waals surface area contributed by atoms with Gasteiger partial charge in [0, 0.05) is 19.3 Å². The third-order valence-electron chi connectivity index (χ3n) is 4.66. The zero-order valence-electron chi connectivity index (χ0n) is 10.7. The lowest BCUT2D eigenvalue weighted by Crippen LogP contribution is -2.50. The van der Waals surface area contributed by atoms with Crippen molar-refractivity contribution in [2.45, 2.75) is 39.0 Å². The molecular weight excluding hydrogens is 208 g/mol. The zero-order chi connectivity index (χ0) is 11.7. The number of nitrogens with zero attached hydrogens (tertiary/aromatic N) is 2. The minimum absolute atomic E-state index is 0.635. The lowest BCUT2D eigenvalue weighted by Gasteiger charge is -2.53. The van der Waals surface area contributed by atoms with Crippen LogP contribution in [0.1, 0.15) is 39.0 Å². The second kappa shape index (κ2) is 4.32. The van der Waals surface area contributed by atoms with Gasteiger partial charge in [0.2, 0.25) is 0 Å². The van der Waals surface area contributed by atoms with Gasteiger partial charge in [0.15, 0.2) is 0 Å². The van der Waals surface area contributed by atoms with Gasteiger partial charge in [-0.1, -0.05) is 19.4 Å². The molecule has 92 valence electrons. The van der Waals surface area contributed by atoms with Crippen LogP contribution in [-0.2, 0) is 0 Å². The fourth-order valence-electron chi connectivity index (χ4n) is 3.73. The number of aromatic nitrogens is 1. The summed E-state index contributed by atoms with van der Waals surface area (Å²) in [5.74, 6) is 2.17. The Hall–Kier alpha value is -1.05. The minimum Gasteiger partial charge on any atom is -0.356 e. The van der Waals surface area contributed by atoms with E-state index in [2.05, 4.69) is 28.9 Å². The number of hydrogen-bond donors (Lipinski definition) is 0. The van der Waals surface area contributed by atoms with Crippen LogP contribution >= 0.6 is 0 Å². The van der Waals surface area contributed by atoms with E-state index in [1.165, 1.54) is 51.0 Å². The average molecular weight is 230 g/mol. The van der Waals surface area contributed by atoms with Gasteiger partial charge in [-0.15, -0.1) is 0 Å². The highest BCUT2D eigenvalue weighted by Crippen LogP contribution is 2.52. The SMILES string of the molecule is CCC1CC2(CCCN(c3ccccn3)C2)C1. The van der Waals surface area contributed by atoms with Crippen molar-refractivity contribution in [1.29, 1.82) is 0 Å². The molecule has 1 aliphatic carbocycles. The van der Waals surface area contributed by atoms with E-state index in [1.54, 1.807) is 0 Å². The van der Waals surface area contributed by atoms with Crippen molar-refractivity contribution in [3.8, 4) is 0 Å².